The summed E-state index contributed by atoms with van der Waals surface area (Å²) in [5, 5.41) is 18.4. The van der Waals surface area contributed by atoms with Gasteiger partial charge in [-0.1, -0.05) is 24.3 Å². The maximum Gasteiger partial charge on any atom is 0.454 e. The van der Waals surface area contributed by atoms with Gasteiger partial charge in [0.05, 0.1) is 0 Å². The molecular formula is C17H10F10O2. The van der Waals surface area contributed by atoms with Crippen molar-refractivity contribution in [2.45, 2.75) is 29.6 Å². The number of hydrogen-bond donors (Lipinski definition) is 2. The maximum atomic E-state index is 14.6. The van der Waals surface area contributed by atoms with Crippen molar-refractivity contribution in [3.05, 3.63) is 59.7 Å². The first-order valence-electron chi connectivity index (χ1n) is 7.48. The molecule has 29 heavy (non-hydrogen) atoms. The predicted octanol–water partition coefficient (Wildman–Crippen LogP) is 5.78. The molecule has 0 amide bonds. The van der Waals surface area contributed by atoms with Crippen molar-refractivity contribution in [2.75, 3.05) is 0 Å². The van der Waals surface area contributed by atoms with Crippen LogP contribution in [-0.2, 0) is 5.41 Å². The number of phenolic OH excluding ortho intramolecular Hbond substituents is 2. The fourth-order valence-corrected chi connectivity index (χ4v) is 2.94. The van der Waals surface area contributed by atoms with Gasteiger partial charge >= 0.3 is 24.2 Å². The highest BCUT2D eigenvalue weighted by atomic mass is 19.4. The molecule has 0 saturated carbocycles. The number of hydrogen-bond acceptors (Lipinski definition) is 2. The van der Waals surface area contributed by atoms with Crippen LogP contribution in [0.2, 0.25) is 0 Å². The van der Waals surface area contributed by atoms with Gasteiger partial charge in [-0.2, -0.15) is 43.9 Å². The molecule has 0 aliphatic carbocycles. The number of benzene rings is 2. The summed E-state index contributed by atoms with van der Waals surface area (Å²) >= 11 is 0. The van der Waals surface area contributed by atoms with Crippen LogP contribution in [0.5, 0.6) is 11.5 Å². The highest BCUT2D eigenvalue weighted by Gasteiger charge is 2.85. The minimum atomic E-state index is -6.84. The zero-order chi connectivity index (χ0) is 22.5. The molecule has 0 heterocycles. The van der Waals surface area contributed by atoms with Gasteiger partial charge in [0.1, 0.15) is 11.5 Å². The van der Waals surface area contributed by atoms with Crippen molar-refractivity contribution >= 4 is 0 Å². The summed E-state index contributed by atoms with van der Waals surface area (Å²) in [5.74, 6) is -14.8. The van der Waals surface area contributed by atoms with Gasteiger partial charge in [0.15, 0.2) is 5.41 Å². The van der Waals surface area contributed by atoms with Gasteiger partial charge in [-0.15, -0.1) is 0 Å². The third kappa shape index (κ3) is 3.23. The van der Waals surface area contributed by atoms with E-state index in [2.05, 4.69) is 0 Å². The largest absolute Gasteiger partial charge is 0.508 e. The number of phenols is 2. The second-order valence-electron chi connectivity index (χ2n) is 5.99. The lowest BCUT2D eigenvalue weighted by atomic mass is 9.64. The Hall–Kier alpha value is -2.66. The fraction of sp³-hybridized carbons (Fsp3) is 0.294. The van der Waals surface area contributed by atoms with E-state index >= 15 is 0 Å². The number of aromatic hydroxyl groups is 2. The van der Waals surface area contributed by atoms with Gasteiger partial charge < -0.3 is 10.2 Å². The molecule has 0 aliphatic rings. The van der Waals surface area contributed by atoms with E-state index in [0.717, 1.165) is 0 Å². The SMILES string of the molecule is Oc1ccc(C(c2ccc(O)cc2)(C(F)(F)C(F)(F)F)C(F)(F)C(F)(F)F)cc1. The predicted molar refractivity (Wildman–Crippen MR) is 79.0 cm³/mol. The molecule has 2 aromatic carbocycles. The van der Waals surface area contributed by atoms with Crippen molar-refractivity contribution < 1.29 is 54.1 Å². The minimum Gasteiger partial charge on any atom is -0.508 e. The van der Waals surface area contributed by atoms with Gasteiger partial charge in [0.2, 0.25) is 0 Å². The monoisotopic (exact) mass is 436 g/mol. The van der Waals surface area contributed by atoms with Crippen LogP contribution in [0.4, 0.5) is 43.9 Å². The standard InChI is InChI=1S/C17H10F10O2/c18-14(19,16(22,23)24)13(15(20,21)17(25,26)27,9-1-5-11(28)6-2-9)10-3-7-12(29)8-4-10/h1-8,28-29H. The molecule has 0 radical (unpaired) electrons. The van der Waals surface area contributed by atoms with Crippen LogP contribution in [-0.4, -0.2) is 34.4 Å². The van der Waals surface area contributed by atoms with Crippen LogP contribution in [0.25, 0.3) is 0 Å². The smallest absolute Gasteiger partial charge is 0.454 e. The Labute approximate surface area is 156 Å². The van der Waals surface area contributed by atoms with E-state index in [1.165, 1.54) is 0 Å². The molecule has 160 valence electrons. The Bertz CT molecular complexity index is 778. The van der Waals surface area contributed by atoms with E-state index in [1.54, 1.807) is 0 Å². The topological polar surface area (TPSA) is 40.5 Å². The third-order valence-corrected chi connectivity index (χ3v) is 4.25. The van der Waals surface area contributed by atoms with E-state index in [0.29, 0.717) is 24.3 Å². The highest BCUT2D eigenvalue weighted by Crippen LogP contribution is 2.63. The van der Waals surface area contributed by atoms with Crippen LogP contribution in [0.3, 0.4) is 0 Å². The van der Waals surface area contributed by atoms with E-state index in [4.69, 9.17) is 0 Å². The van der Waals surface area contributed by atoms with Gasteiger partial charge in [-0.25, -0.2) is 0 Å². The Kier molecular flexibility index (Phi) is 5.23. The number of alkyl halides is 10. The van der Waals surface area contributed by atoms with Crippen LogP contribution in [0.1, 0.15) is 11.1 Å². The summed E-state index contributed by atoms with van der Waals surface area (Å²) in [7, 11) is 0. The second kappa shape index (κ2) is 6.70. The Balaban J connectivity index is 3.13. The summed E-state index contributed by atoms with van der Waals surface area (Å²) in [5.41, 5.74) is -8.82. The van der Waals surface area contributed by atoms with Crippen molar-refractivity contribution in [3.63, 3.8) is 0 Å². The quantitative estimate of drug-likeness (QED) is 0.597. The molecule has 12 heteroatoms. The normalized spacial score (nSPS) is 14.1. The molecule has 2 nitrogen and oxygen atoms in total. The molecule has 2 rings (SSSR count). The first-order valence-corrected chi connectivity index (χ1v) is 7.48. The van der Waals surface area contributed by atoms with Crippen LogP contribution >= 0.6 is 0 Å². The molecule has 0 bridgehead atoms. The van der Waals surface area contributed by atoms with E-state index in [9.17, 15) is 54.1 Å². The zero-order valence-electron chi connectivity index (χ0n) is 13.8. The Morgan fingerprint density at radius 2 is 0.690 bits per heavy atom. The molecule has 0 aliphatic heterocycles. The van der Waals surface area contributed by atoms with E-state index in [1.807, 2.05) is 0 Å². The molecule has 0 saturated heterocycles. The first kappa shape index (κ1) is 22.6. The van der Waals surface area contributed by atoms with Gasteiger partial charge in [0, 0.05) is 0 Å². The van der Waals surface area contributed by atoms with Crippen molar-refractivity contribution in [1.82, 2.24) is 0 Å². The minimum absolute atomic E-state index is 0.113. The van der Waals surface area contributed by atoms with Gasteiger partial charge in [0.25, 0.3) is 0 Å². The Morgan fingerprint density at radius 1 is 0.448 bits per heavy atom. The summed E-state index contributed by atoms with van der Waals surface area (Å²) < 4.78 is 138. The van der Waals surface area contributed by atoms with Crippen LogP contribution in [0.15, 0.2) is 48.5 Å². The molecule has 0 spiro atoms. The fourth-order valence-electron chi connectivity index (χ4n) is 2.94. The van der Waals surface area contributed by atoms with Gasteiger partial charge in [-0.3, -0.25) is 0 Å². The molecule has 0 unspecified atom stereocenters. The maximum absolute atomic E-state index is 14.6. The van der Waals surface area contributed by atoms with Gasteiger partial charge in [-0.05, 0) is 35.4 Å². The Morgan fingerprint density at radius 3 is 0.897 bits per heavy atom. The summed E-state index contributed by atoms with van der Waals surface area (Å²) in [6.07, 6.45) is -13.7. The van der Waals surface area contributed by atoms with Crippen LogP contribution in [0, 0.1) is 0 Å². The molecule has 0 aromatic heterocycles. The number of halogens is 10. The van der Waals surface area contributed by atoms with Crippen molar-refractivity contribution in [3.8, 4) is 11.5 Å². The third-order valence-electron chi connectivity index (χ3n) is 4.25. The number of rotatable bonds is 4. The molecule has 0 atom stereocenters. The average molecular weight is 436 g/mol. The van der Waals surface area contributed by atoms with Crippen molar-refractivity contribution in [2.24, 2.45) is 0 Å². The molecule has 2 N–H and O–H groups in total. The zero-order valence-corrected chi connectivity index (χ0v) is 13.8. The average Bonchev–Trinajstić information content (AvgIpc) is 2.56. The molecule has 2 aromatic rings. The summed E-state index contributed by atoms with van der Waals surface area (Å²) in [6.45, 7) is 0. The first-order chi connectivity index (χ1) is 13.0. The summed E-state index contributed by atoms with van der Waals surface area (Å²) in [4.78, 5) is 0. The molecular weight excluding hydrogens is 426 g/mol. The van der Waals surface area contributed by atoms with Crippen molar-refractivity contribution in [1.29, 1.82) is 0 Å². The lowest BCUT2D eigenvalue weighted by molar-refractivity contribution is -0.375. The second-order valence-corrected chi connectivity index (χ2v) is 5.99. The lowest BCUT2D eigenvalue weighted by Crippen LogP contribution is -2.68. The van der Waals surface area contributed by atoms with E-state index < -0.39 is 52.2 Å². The molecule has 0 fully saturated rings. The van der Waals surface area contributed by atoms with E-state index in [-0.39, 0.29) is 24.3 Å². The highest BCUT2D eigenvalue weighted by molar-refractivity contribution is 5.49. The lowest BCUT2D eigenvalue weighted by Gasteiger charge is -2.46. The van der Waals surface area contributed by atoms with Crippen LogP contribution < -0.4 is 0 Å². The summed E-state index contributed by atoms with van der Waals surface area (Å²) in [6, 6.07) is 2.02.